The monoisotopic (exact) mass is 476 g/mol. The molecule has 1 aliphatic carbocycles. The summed E-state index contributed by atoms with van der Waals surface area (Å²) in [6.45, 7) is 12.3. The third-order valence-electron chi connectivity index (χ3n) is 7.01. The summed E-state index contributed by atoms with van der Waals surface area (Å²) in [7, 11) is 0. The molecule has 3 N–H and O–H groups in total. The fourth-order valence-corrected chi connectivity index (χ4v) is 5.21. The largest absolute Gasteiger partial charge is 0.339 e. The Morgan fingerprint density at radius 3 is 2.43 bits per heavy atom. The van der Waals surface area contributed by atoms with Gasteiger partial charge in [-0.15, -0.1) is 0 Å². The molecule has 2 aromatic heterocycles. The van der Waals surface area contributed by atoms with Gasteiger partial charge in [0.1, 0.15) is 11.7 Å². The standard InChI is InChI=1S/C27H36N6O2/c1-16(2)33-22(12-14-28-33)25(34)30-24(20-11-13-27(5,6)15-20)26(35)29-21-9-7-19(8-10-21)23-17(3)31-32-18(23)4/h7-10,12,14,16,20,24H,11,13,15H2,1-6H3,(H,29,35)(H,30,34)(H,31,32). The van der Waals surface area contributed by atoms with Gasteiger partial charge in [-0.2, -0.15) is 10.2 Å². The molecule has 1 saturated carbocycles. The van der Waals surface area contributed by atoms with E-state index < -0.39 is 6.04 Å². The SMILES string of the molecule is Cc1n[nH]c(C)c1-c1ccc(NC(=O)C(NC(=O)c2ccnn2C(C)C)C2CCC(C)(C)C2)cc1. The van der Waals surface area contributed by atoms with Crippen molar-refractivity contribution in [3.05, 3.63) is 53.6 Å². The maximum Gasteiger partial charge on any atom is 0.270 e. The van der Waals surface area contributed by atoms with Gasteiger partial charge in [-0.25, -0.2) is 0 Å². The lowest BCUT2D eigenvalue weighted by atomic mass is 9.88. The molecule has 1 aliphatic rings. The van der Waals surface area contributed by atoms with E-state index in [1.807, 2.05) is 52.0 Å². The highest BCUT2D eigenvalue weighted by atomic mass is 16.2. The molecule has 1 aromatic carbocycles. The molecule has 2 unspecified atom stereocenters. The molecule has 2 atom stereocenters. The van der Waals surface area contributed by atoms with Crippen molar-refractivity contribution in [3.63, 3.8) is 0 Å². The molecule has 186 valence electrons. The van der Waals surface area contributed by atoms with Gasteiger partial charge in [0, 0.05) is 29.2 Å². The number of amides is 2. The Kier molecular flexibility index (Phi) is 6.83. The molecule has 3 aromatic rings. The maximum absolute atomic E-state index is 13.5. The van der Waals surface area contributed by atoms with Gasteiger partial charge >= 0.3 is 0 Å². The number of hydrogen-bond donors (Lipinski definition) is 3. The minimum atomic E-state index is -0.627. The molecular formula is C27H36N6O2. The number of anilines is 1. The first kappa shape index (κ1) is 24.7. The fourth-order valence-electron chi connectivity index (χ4n) is 5.21. The Labute approximate surface area is 206 Å². The number of carbonyl (C=O) groups is 2. The minimum Gasteiger partial charge on any atom is -0.339 e. The fraction of sp³-hybridized carbons (Fsp3) is 0.481. The number of aromatic nitrogens is 4. The van der Waals surface area contributed by atoms with Crippen molar-refractivity contribution < 1.29 is 9.59 Å². The van der Waals surface area contributed by atoms with Crippen LogP contribution in [0.1, 0.15) is 74.9 Å². The number of nitrogens with one attached hydrogen (secondary N) is 3. The first-order chi connectivity index (χ1) is 16.6. The van der Waals surface area contributed by atoms with Crippen molar-refractivity contribution in [2.75, 3.05) is 5.32 Å². The number of H-pyrrole nitrogens is 1. The molecule has 2 heterocycles. The van der Waals surface area contributed by atoms with Gasteiger partial charge in [0.15, 0.2) is 0 Å². The summed E-state index contributed by atoms with van der Waals surface area (Å²) in [5, 5.41) is 17.6. The van der Waals surface area contributed by atoms with E-state index in [1.165, 1.54) is 0 Å². The quantitative estimate of drug-likeness (QED) is 0.444. The Morgan fingerprint density at radius 1 is 1.14 bits per heavy atom. The average Bonchev–Trinajstić information content (AvgIpc) is 3.51. The molecule has 0 bridgehead atoms. The van der Waals surface area contributed by atoms with Gasteiger partial charge in [-0.05, 0) is 82.1 Å². The number of aromatic amines is 1. The van der Waals surface area contributed by atoms with Crippen LogP contribution in [0.3, 0.4) is 0 Å². The van der Waals surface area contributed by atoms with Crippen LogP contribution in [-0.4, -0.2) is 37.8 Å². The van der Waals surface area contributed by atoms with Crippen LogP contribution in [0.15, 0.2) is 36.5 Å². The third kappa shape index (κ3) is 5.31. The lowest BCUT2D eigenvalue weighted by Crippen LogP contribution is -2.48. The molecule has 4 rings (SSSR count). The first-order valence-corrected chi connectivity index (χ1v) is 12.3. The zero-order valence-electron chi connectivity index (χ0n) is 21.5. The van der Waals surface area contributed by atoms with Gasteiger partial charge in [-0.3, -0.25) is 19.4 Å². The average molecular weight is 477 g/mol. The van der Waals surface area contributed by atoms with Crippen molar-refractivity contribution in [1.82, 2.24) is 25.3 Å². The molecule has 0 spiro atoms. The topological polar surface area (TPSA) is 105 Å². The van der Waals surface area contributed by atoms with E-state index >= 15 is 0 Å². The summed E-state index contributed by atoms with van der Waals surface area (Å²) in [6.07, 6.45) is 4.42. The molecule has 8 nitrogen and oxygen atoms in total. The third-order valence-corrected chi connectivity index (χ3v) is 7.01. The van der Waals surface area contributed by atoms with Crippen molar-refractivity contribution >= 4 is 17.5 Å². The van der Waals surface area contributed by atoms with Crippen LogP contribution in [0.25, 0.3) is 11.1 Å². The summed E-state index contributed by atoms with van der Waals surface area (Å²) in [5.74, 6) is -0.401. The normalized spacial score (nSPS) is 18.0. The van der Waals surface area contributed by atoms with E-state index in [0.29, 0.717) is 11.4 Å². The number of nitrogens with zero attached hydrogens (tertiary/aromatic N) is 3. The molecule has 0 radical (unpaired) electrons. The number of hydrogen-bond acceptors (Lipinski definition) is 4. The summed E-state index contributed by atoms with van der Waals surface area (Å²) >= 11 is 0. The van der Waals surface area contributed by atoms with E-state index in [0.717, 1.165) is 41.8 Å². The van der Waals surface area contributed by atoms with Gasteiger partial charge in [0.25, 0.3) is 5.91 Å². The number of benzene rings is 1. The van der Waals surface area contributed by atoms with Crippen LogP contribution in [0, 0.1) is 25.2 Å². The van der Waals surface area contributed by atoms with Crippen LogP contribution in [0.2, 0.25) is 0 Å². The molecule has 2 amide bonds. The summed E-state index contributed by atoms with van der Waals surface area (Å²) in [4.78, 5) is 26.7. The van der Waals surface area contributed by atoms with E-state index in [-0.39, 0.29) is 29.2 Å². The second-order valence-electron chi connectivity index (χ2n) is 10.7. The first-order valence-electron chi connectivity index (χ1n) is 12.3. The lowest BCUT2D eigenvalue weighted by molar-refractivity contribution is -0.119. The van der Waals surface area contributed by atoms with Gasteiger partial charge in [0.2, 0.25) is 5.91 Å². The zero-order chi connectivity index (χ0) is 25.3. The van der Waals surface area contributed by atoms with E-state index in [4.69, 9.17) is 0 Å². The van der Waals surface area contributed by atoms with Gasteiger partial charge < -0.3 is 10.6 Å². The van der Waals surface area contributed by atoms with E-state index in [1.54, 1.807) is 16.9 Å². The van der Waals surface area contributed by atoms with Crippen LogP contribution >= 0.6 is 0 Å². The lowest BCUT2D eigenvalue weighted by Gasteiger charge is -2.26. The van der Waals surface area contributed by atoms with Gasteiger partial charge in [0.05, 0.1) is 5.69 Å². The molecule has 1 fully saturated rings. The maximum atomic E-state index is 13.5. The number of rotatable bonds is 7. The molecule has 0 saturated heterocycles. The predicted octanol–water partition coefficient (Wildman–Crippen LogP) is 5.03. The van der Waals surface area contributed by atoms with Crippen LogP contribution in [-0.2, 0) is 4.79 Å². The Balaban J connectivity index is 1.53. The van der Waals surface area contributed by atoms with Crippen LogP contribution < -0.4 is 10.6 Å². The number of aryl methyl sites for hydroxylation is 2. The summed E-state index contributed by atoms with van der Waals surface area (Å²) in [5.41, 5.74) is 5.36. The second-order valence-corrected chi connectivity index (χ2v) is 10.7. The highest BCUT2D eigenvalue weighted by Crippen LogP contribution is 2.42. The highest BCUT2D eigenvalue weighted by Gasteiger charge is 2.39. The summed E-state index contributed by atoms with van der Waals surface area (Å²) < 4.78 is 1.68. The highest BCUT2D eigenvalue weighted by molar-refractivity contribution is 6.00. The molecule has 35 heavy (non-hydrogen) atoms. The van der Waals surface area contributed by atoms with Crippen LogP contribution in [0.5, 0.6) is 0 Å². The minimum absolute atomic E-state index is 0.0458. The van der Waals surface area contributed by atoms with Crippen molar-refractivity contribution in [2.45, 2.75) is 72.9 Å². The Morgan fingerprint density at radius 2 is 1.86 bits per heavy atom. The van der Waals surface area contributed by atoms with Crippen molar-refractivity contribution in [1.29, 1.82) is 0 Å². The molecule has 0 aliphatic heterocycles. The van der Waals surface area contributed by atoms with Gasteiger partial charge in [-0.1, -0.05) is 26.0 Å². The predicted molar refractivity (Wildman–Crippen MR) is 137 cm³/mol. The smallest absolute Gasteiger partial charge is 0.270 e. The Bertz CT molecular complexity index is 1190. The Hall–Kier alpha value is -3.42. The van der Waals surface area contributed by atoms with E-state index in [2.05, 4.69) is 39.8 Å². The van der Waals surface area contributed by atoms with Crippen molar-refractivity contribution in [2.24, 2.45) is 11.3 Å². The number of carbonyl (C=O) groups excluding carboxylic acids is 2. The van der Waals surface area contributed by atoms with Crippen LogP contribution in [0.4, 0.5) is 5.69 Å². The molecule has 8 heteroatoms. The summed E-state index contributed by atoms with van der Waals surface area (Å²) in [6, 6.07) is 8.86. The van der Waals surface area contributed by atoms with E-state index in [9.17, 15) is 9.59 Å². The van der Waals surface area contributed by atoms with Crippen molar-refractivity contribution in [3.8, 4) is 11.1 Å². The zero-order valence-corrected chi connectivity index (χ0v) is 21.5. The second kappa shape index (κ2) is 9.68. The molecular weight excluding hydrogens is 440 g/mol.